The van der Waals surface area contributed by atoms with E-state index in [2.05, 4.69) is 67.6 Å². The Kier molecular flexibility index (Phi) is 5.64. The maximum absolute atomic E-state index is 2.27. The average Bonchev–Trinajstić information content (AvgIpc) is 2.38. The zero-order valence-corrected chi connectivity index (χ0v) is 11.1. The molecule has 0 spiro atoms. The third-order valence-corrected chi connectivity index (χ3v) is 5.81. The van der Waals surface area contributed by atoms with Crippen molar-refractivity contribution in [2.45, 2.75) is 19.4 Å². The Morgan fingerprint density at radius 1 is 0.765 bits per heavy atom. The fourth-order valence-corrected chi connectivity index (χ4v) is 4.58. The van der Waals surface area contributed by atoms with Crippen molar-refractivity contribution < 1.29 is 4.70 Å². The Bertz CT molecular complexity index is 374. The van der Waals surface area contributed by atoms with Gasteiger partial charge in [0.1, 0.15) is 8.80 Å². The lowest BCUT2D eigenvalue weighted by molar-refractivity contribution is 1.07. The highest BCUT2D eigenvalue weighted by Crippen LogP contribution is 2.00. The molecule has 0 N–H and O–H groups in total. The number of rotatable bonds is 4. The first-order valence-electron chi connectivity index (χ1n) is 5.88. The second-order valence-electron chi connectivity index (χ2n) is 3.96. The van der Waals surface area contributed by atoms with Crippen LogP contribution in [-0.4, -0.2) is 8.80 Å². The van der Waals surface area contributed by atoms with Crippen molar-refractivity contribution in [3.05, 3.63) is 60.7 Å². The fraction of sp³-hybridized carbons (Fsp3) is 0.200. The summed E-state index contributed by atoms with van der Waals surface area (Å²) in [5, 5.41) is 3.06. The quantitative estimate of drug-likeness (QED) is 0.727. The molecule has 17 heavy (non-hydrogen) atoms. The van der Waals surface area contributed by atoms with Gasteiger partial charge < -0.3 is 0 Å². The van der Waals surface area contributed by atoms with E-state index in [1.54, 1.807) is 0 Å². The number of hydrogen-bond donors (Lipinski definition) is 0. The Hall–Kier alpha value is -1.41. The van der Waals surface area contributed by atoms with Gasteiger partial charge in [0.15, 0.2) is 0 Å². The predicted molar refractivity (Wildman–Crippen MR) is 75.5 cm³/mol. The molecule has 0 nitrogen and oxygen atoms in total. The standard InChI is InChI=1S/C15H17Si.FH/c1-2-13-16(14-9-5-3-6-10-14)15-11-7-4-8-12-15;/h3-12H,2,13H2,1H3;1H. The van der Waals surface area contributed by atoms with Crippen LogP contribution in [0.5, 0.6) is 0 Å². The van der Waals surface area contributed by atoms with Gasteiger partial charge in [-0.2, -0.15) is 0 Å². The van der Waals surface area contributed by atoms with Crippen molar-refractivity contribution in [2.24, 2.45) is 0 Å². The van der Waals surface area contributed by atoms with Crippen LogP contribution in [0.1, 0.15) is 13.3 Å². The van der Waals surface area contributed by atoms with E-state index in [9.17, 15) is 0 Å². The summed E-state index contributed by atoms with van der Waals surface area (Å²) in [6.45, 7) is 2.27. The minimum atomic E-state index is -0.551. The summed E-state index contributed by atoms with van der Waals surface area (Å²) >= 11 is 0. The lowest BCUT2D eigenvalue weighted by atomic mass is 10.4. The van der Waals surface area contributed by atoms with E-state index in [0.29, 0.717) is 0 Å². The van der Waals surface area contributed by atoms with E-state index in [0.717, 1.165) is 0 Å². The van der Waals surface area contributed by atoms with Crippen molar-refractivity contribution in [3.8, 4) is 0 Å². The zero-order chi connectivity index (χ0) is 11.2. The summed E-state index contributed by atoms with van der Waals surface area (Å²) in [4.78, 5) is 0. The molecule has 0 heterocycles. The van der Waals surface area contributed by atoms with Crippen LogP contribution in [0.2, 0.25) is 6.04 Å². The Balaban J connectivity index is 0.00000144. The lowest BCUT2D eigenvalue weighted by Crippen LogP contribution is -2.41. The second-order valence-corrected chi connectivity index (χ2v) is 6.57. The van der Waals surface area contributed by atoms with Gasteiger partial charge in [-0.3, -0.25) is 4.70 Å². The van der Waals surface area contributed by atoms with E-state index in [-0.39, 0.29) is 4.70 Å². The normalized spacial score (nSPS) is 10.0. The largest absolute Gasteiger partial charge is 0.269 e. The molecule has 0 aromatic heterocycles. The Labute approximate surface area is 104 Å². The van der Waals surface area contributed by atoms with E-state index in [1.807, 2.05) is 0 Å². The molecule has 0 aliphatic rings. The molecular formula is C15H18FSi. The summed E-state index contributed by atoms with van der Waals surface area (Å²) in [6, 6.07) is 23.2. The van der Waals surface area contributed by atoms with Crippen LogP contribution in [0, 0.1) is 0 Å². The van der Waals surface area contributed by atoms with E-state index in [1.165, 1.54) is 22.8 Å². The summed E-state index contributed by atoms with van der Waals surface area (Å²) in [7, 11) is -0.551. The molecule has 1 radical (unpaired) electrons. The Morgan fingerprint density at radius 3 is 1.53 bits per heavy atom. The summed E-state index contributed by atoms with van der Waals surface area (Å²) in [5.41, 5.74) is 0. The molecule has 2 heteroatoms. The first kappa shape index (κ1) is 13.7. The molecular weight excluding hydrogens is 227 g/mol. The molecule has 0 fully saturated rings. The van der Waals surface area contributed by atoms with Crippen molar-refractivity contribution >= 4 is 19.2 Å². The predicted octanol–water partition coefficient (Wildman–Crippen LogP) is 2.86. The molecule has 0 unspecified atom stereocenters. The molecule has 0 saturated carbocycles. The maximum Gasteiger partial charge on any atom is 0.121 e. The molecule has 2 aromatic rings. The number of halogens is 1. The highest BCUT2D eigenvalue weighted by atomic mass is 28.3. The minimum absolute atomic E-state index is 0. The van der Waals surface area contributed by atoms with Gasteiger partial charge in [0.2, 0.25) is 0 Å². The topological polar surface area (TPSA) is 0 Å². The summed E-state index contributed by atoms with van der Waals surface area (Å²) in [6.07, 6.45) is 1.26. The van der Waals surface area contributed by atoms with Crippen molar-refractivity contribution in [2.75, 3.05) is 0 Å². The van der Waals surface area contributed by atoms with Crippen LogP contribution in [0.4, 0.5) is 4.70 Å². The first-order valence-corrected chi connectivity index (χ1v) is 7.59. The highest BCUT2D eigenvalue weighted by molar-refractivity contribution is 6.85. The SMILES string of the molecule is CCC[Si](c1ccccc1)c1ccccc1.F. The van der Waals surface area contributed by atoms with Gasteiger partial charge in [-0.15, -0.1) is 0 Å². The highest BCUT2D eigenvalue weighted by Gasteiger charge is 2.14. The molecule has 89 valence electrons. The van der Waals surface area contributed by atoms with Crippen molar-refractivity contribution in [1.82, 2.24) is 0 Å². The molecule has 0 saturated heterocycles. The van der Waals surface area contributed by atoms with Crippen LogP contribution in [-0.2, 0) is 0 Å². The molecule has 2 rings (SSSR count). The number of benzene rings is 2. The molecule has 0 bridgehead atoms. The molecule has 0 aliphatic heterocycles. The van der Waals surface area contributed by atoms with Crippen LogP contribution < -0.4 is 10.4 Å². The van der Waals surface area contributed by atoms with Gasteiger partial charge in [-0.05, 0) is 0 Å². The number of hydrogen-bond acceptors (Lipinski definition) is 0. The molecule has 0 amide bonds. The third kappa shape index (κ3) is 3.53. The monoisotopic (exact) mass is 245 g/mol. The Morgan fingerprint density at radius 2 is 1.18 bits per heavy atom. The third-order valence-electron chi connectivity index (χ3n) is 2.74. The van der Waals surface area contributed by atoms with Crippen LogP contribution in [0.25, 0.3) is 0 Å². The van der Waals surface area contributed by atoms with E-state index < -0.39 is 8.80 Å². The van der Waals surface area contributed by atoms with Crippen LogP contribution in [0.15, 0.2) is 60.7 Å². The van der Waals surface area contributed by atoms with Gasteiger partial charge in [-0.25, -0.2) is 0 Å². The van der Waals surface area contributed by atoms with Gasteiger partial charge in [0.25, 0.3) is 0 Å². The maximum atomic E-state index is 2.27. The molecule has 2 aromatic carbocycles. The zero-order valence-electron chi connectivity index (χ0n) is 10.1. The van der Waals surface area contributed by atoms with Crippen molar-refractivity contribution in [3.63, 3.8) is 0 Å². The average molecular weight is 245 g/mol. The summed E-state index contributed by atoms with van der Waals surface area (Å²) in [5.74, 6) is 0. The molecule has 0 aliphatic carbocycles. The van der Waals surface area contributed by atoms with Gasteiger partial charge in [-0.1, -0.05) is 90.4 Å². The van der Waals surface area contributed by atoms with Crippen LogP contribution >= 0.6 is 0 Å². The van der Waals surface area contributed by atoms with Crippen molar-refractivity contribution in [1.29, 1.82) is 0 Å². The minimum Gasteiger partial charge on any atom is -0.269 e. The first-order chi connectivity index (χ1) is 7.92. The summed E-state index contributed by atoms with van der Waals surface area (Å²) < 4.78 is 0. The van der Waals surface area contributed by atoms with Gasteiger partial charge in [0, 0.05) is 0 Å². The van der Waals surface area contributed by atoms with Gasteiger partial charge >= 0.3 is 0 Å². The van der Waals surface area contributed by atoms with Crippen LogP contribution in [0.3, 0.4) is 0 Å². The second kappa shape index (κ2) is 7.02. The lowest BCUT2D eigenvalue weighted by Gasteiger charge is -2.14. The fourth-order valence-electron chi connectivity index (χ4n) is 1.98. The molecule has 0 atom stereocenters. The van der Waals surface area contributed by atoms with Gasteiger partial charge in [0.05, 0.1) is 0 Å². The van der Waals surface area contributed by atoms with E-state index >= 15 is 0 Å². The van der Waals surface area contributed by atoms with E-state index in [4.69, 9.17) is 0 Å². The smallest absolute Gasteiger partial charge is 0.121 e.